The molecule has 1 aromatic heterocycles. The number of nitrogens with one attached hydrogen (secondary N) is 1. The Morgan fingerprint density at radius 1 is 0.972 bits per heavy atom. The highest BCUT2D eigenvalue weighted by Crippen LogP contribution is 2.51. The van der Waals surface area contributed by atoms with Crippen LogP contribution in [0, 0.1) is 0 Å². The van der Waals surface area contributed by atoms with Crippen LogP contribution in [0.15, 0.2) is 62.7 Å². The third kappa shape index (κ3) is 4.46. The van der Waals surface area contributed by atoms with Crippen LogP contribution < -0.4 is 5.32 Å². The minimum Gasteiger partial charge on any atom is -0.367 e. The Balaban J connectivity index is 0.000000136. The van der Waals surface area contributed by atoms with E-state index in [1.54, 1.807) is 14.2 Å². The molecule has 0 atom stereocenters. The van der Waals surface area contributed by atoms with Crippen molar-refractivity contribution in [2.45, 2.75) is 55.9 Å². The second-order valence-electron chi connectivity index (χ2n) is 10.0. The Labute approximate surface area is 228 Å². The fourth-order valence-corrected chi connectivity index (χ4v) is 6.58. The molecule has 8 heteroatoms. The number of aliphatic imine (C=N–C) groups is 1. The molecule has 0 unspecified atom stereocenters. The molecule has 188 valence electrons. The smallest absolute Gasteiger partial charge is 0.176 e. The second kappa shape index (κ2) is 10.0. The van der Waals surface area contributed by atoms with E-state index in [1.807, 2.05) is 6.20 Å². The fourth-order valence-electron chi connectivity index (χ4n) is 5.86. The maximum absolute atomic E-state index is 5.20. The number of rotatable bonds is 4. The highest BCUT2D eigenvalue weighted by molar-refractivity contribution is 9.10. The van der Waals surface area contributed by atoms with E-state index in [1.165, 1.54) is 47.9 Å². The Bertz CT molecular complexity index is 1290. The molecule has 0 radical (unpaired) electrons. The van der Waals surface area contributed by atoms with Crippen molar-refractivity contribution in [3.63, 3.8) is 0 Å². The Morgan fingerprint density at radius 3 is 2.31 bits per heavy atom. The summed E-state index contributed by atoms with van der Waals surface area (Å²) >= 11 is 7.10. The van der Waals surface area contributed by atoms with E-state index in [0.717, 1.165) is 26.5 Å². The molecule has 36 heavy (non-hydrogen) atoms. The van der Waals surface area contributed by atoms with Crippen LogP contribution in [0.1, 0.15) is 60.3 Å². The zero-order valence-corrected chi connectivity index (χ0v) is 23.6. The van der Waals surface area contributed by atoms with Crippen LogP contribution in [-0.4, -0.2) is 48.5 Å². The first-order valence-corrected chi connectivity index (χ1v) is 14.1. The number of ether oxygens (including phenoxy) is 2. The van der Waals surface area contributed by atoms with Crippen molar-refractivity contribution >= 4 is 37.7 Å². The largest absolute Gasteiger partial charge is 0.367 e. The van der Waals surface area contributed by atoms with Crippen molar-refractivity contribution in [3.8, 4) is 11.4 Å². The monoisotopic (exact) mass is 612 g/mol. The number of amidine groups is 1. The molecule has 2 saturated carbocycles. The molecule has 6 aliphatic rings. The molecule has 4 bridgehead atoms. The van der Waals surface area contributed by atoms with E-state index < -0.39 is 0 Å². The molecular formula is C28H30Br2N4O2. The molecule has 3 aromatic rings. The Morgan fingerprint density at radius 2 is 1.61 bits per heavy atom. The summed E-state index contributed by atoms with van der Waals surface area (Å²) in [5.41, 5.74) is 5.39. The zero-order valence-electron chi connectivity index (χ0n) is 20.5. The number of benzene rings is 2. The summed E-state index contributed by atoms with van der Waals surface area (Å²) < 4.78 is 15.0. The molecule has 0 saturated heterocycles. The first-order chi connectivity index (χ1) is 17.5. The van der Waals surface area contributed by atoms with Crippen molar-refractivity contribution < 1.29 is 9.47 Å². The molecular weight excluding hydrogens is 584 g/mol. The minimum atomic E-state index is -0.293. The van der Waals surface area contributed by atoms with Crippen LogP contribution in [0.3, 0.4) is 0 Å². The van der Waals surface area contributed by atoms with E-state index in [2.05, 4.69) is 94.3 Å². The van der Waals surface area contributed by atoms with Gasteiger partial charge in [0.1, 0.15) is 11.7 Å². The van der Waals surface area contributed by atoms with Gasteiger partial charge in [0.25, 0.3) is 0 Å². The van der Waals surface area contributed by atoms with Gasteiger partial charge in [0.2, 0.25) is 0 Å². The molecule has 2 fully saturated rings. The molecule has 4 aliphatic heterocycles. The Kier molecular flexibility index (Phi) is 6.79. The summed E-state index contributed by atoms with van der Waals surface area (Å²) in [6.07, 6.45) is 8.69. The first-order valence-electron chi connectivity index (χ1n) is 12.5. The average molecular weight is 614 g/mol. The lowest BCUT2D eigenvalue weighted by Crippen LogP contribution is -2.40. The van der Waals surface area contributed by atoms with Gasteiger partial charge < -0.3 is 19.4 Å². The van der Waals surface area contributed by atoms with Crippen LogP contribution in [0.5, 0.6) is 0 Å². The minimum absolute atomic E-state index is 0.293. The van der Waals surface area contributed by atoms with Crippen LogP contribution in [0.2, 0.25) is 0 Å². The third-order valence-electron chi connectivity index (χ3n) is 7.98. The highest BCUT2D eigenvalue weighted by Gasteiger charge is 2.38. The fraction of sp³-hybridized carbons (Fsp3) is 0.429. The zero-order chi connectivity index (χ0) is 24.8. The maximum Gasteiger partial charge on any atom is 0.176 e. The number of imidazole rings is 1. The van der Waals surface area contributed by atoms with Crippen molar-refractivity contribution in [2.75, 3.05) is 20.8 Å². The lowest BCUT2D eigenvalue weighted by Gasteiger charge is -2.34. The van der Waals surface area contributed by atoms with Gasteiger partial charge >= 0.3 is 0 Å². The number of hydrogen-bond donors (Lipinski definition) is 1. The predicted molar refractivity (Wildman–Crippen MR) is 149 cm³/mol. The predicted octanol–water partition coefficient (Wildman–Crippen LogP) is 6.41. The Hall–Kier alpha value is -2.00. The van der Waals surface area contributed by atoms with Gasteiger partial charge in [0.15, 0.2) is 6.29 Å². The van der Waals surface area contributed by atoms with Crippen molar-refractivity contribution in [1.82, 2.24) is 14.9 Å². The maximum atomic E-state index is 5.20. The van der Waals surface area contributed by atoms with E-state index in [9.17, 15) is 0 Å². The van der Waals surface area contributed by atoms with Crippen molar-refractivity contribution in [1.29, 1.82) is 0 Å². The normalized spacial score (nSPS) is 25.6. The van der Waals surface area contributed by atoms with Crippen LogP contribution >= 0.6 is 31.9 Å². The van der Waals surface area contributed by atoms with Crippen molar-refractivity contribution in [2.24, 2.45) is 4.99 Å². The molecule has 5 heterocycles. The molecule has 0 amide bonds. The van der Waals surface area contributed by atoms with Gasteiger partial charge in [-0.3, -0.25) is 4.99 Å². The molecule has 2 aromatic carbocycles. The van der Waals surface area contributed by atoms with Gasteiger partial charge in [-0.05, 0) is 72.9 Å². The van der Waals surface area contributed by atoms with Gasteiger partial charge in [0.05, 0.1) is 6.54 Å². The molecule has 0 spiro atoms. The molecule has 2 aliphatic carbocycles. The first kappa shape index (κ1) is 24.3. The summed E-state index contributed by atoms with van der Waals surface area (Å²) in [5.74, 6) is 3.52. The number of halogens is 2. The van der Waals surface area contributed by atoms with Gasteiger partial charge in [-0.25, -0.2) is 4.98 Å². The quantitative estimate of drug-likeness (QED) is 0.346. The highest BCUT2D eigenvalue weighted by atomic mass is 79.9. The standard InChI is InChI=1S/C15H19BrN2O2.C13H11BrN2/c1-19-14(20-2)8-17-15-13-7-10(16)3-4-12(13)9-5-11(6-9)18-15;14-9-1-2-11-8-5-10(6-8)16-4-3-15-13(16)12(11)7-9/h3-4,7,9,11,14H,5-6,8H2,1-2H3,(H,17,18);1-4,7-8,10H,5-6H2. The van der Waals surface area contributed by atoms with Crippen LogP contribution in [-0.2, 0) is 9.47 Å². The number of hydrogen-bond acceptors (Lipinski definition) is 4. The second-order valence-corrected chi connectivity index (χ2v) is 11.9. The van der Waals surface area contributed by atoms with Gasteiger partial charge in [-0.2, -0.15) is 0 Å². The number of methoxy groups -OCH3 is 2. The van der Waals surface area contributed by atoms with Gasteiger partial charge in [-0.1, -0.05) is 44.0 Å². The van der Waals surface area contributed by atoms with Crippen molar-refractivity contribution in [3.05, 3.63) is 74.4 Å². The molecule has 9 rings (SSSR count). The molecule has 1 N–H and O–H groups in total. The van der Waals surface area contributed by atoms with E-state index in [4.69, 9.17) is 9.47 Å². The number of aromatic nitrogens is 2. The van der Waals surface area contributed by atoms with Crippen LogP contribution in [0.25, 0.3) is 11.4 Å². The summed E-state index contributed by atoms with van der Waals surface area (Å²) in [4.78, 5) is 9.20. The number of fused-ring (bicyclic) bond motifs is 1. The van der Waals surface area contributed by atoms with E-state index in [-0.39, 0.29) is 6.29 Å². The summed E-state index contributed by atoms with van der Waals surface area (Å²) in [5, 5.41) is 3.55. The SMILES string of the molecule is Brc1ccc2c(c1)-c1nccn1C1CC2C1.COC(CN=C1NC2CC(C2)c2ccc(Br)cc21)OC. The topological polar surface area (TPSA) is 60.7 Å². The van der Waals surface area contributed by atoms with Gasteiger partial charge in [-0.15, -0.1) is 0 Å². The lowest BCUT2D eigenvalue weighted by atomic mass is 9.76. The summed E-state index contributed by atoms with van der Waals surface area (Å²) in [7, 11) is 3.27. The van der Waals surface area contributed by atoms with E-state index in [0.29, 0.717) is 24.5 Å². The summed E-state index contributed by atoms with van der Waals surface area (Å²) in [6, 6.07) is 14.3. The van der Waals surface area contributed by atoms with Crippen LogP contribution in [0.4, 0.5) is 0 Å². The lowest BCUT2D eigenvalue weighted by molar-refractivity contribution is -0.0937. The van der Waals surface area contributed by atoms with E-state index >= 15 is 0 Å². The van der Waals surface area contributed by atoms with Gasteiger partial charge in [0, 0.05) is 58.8 Å². The average Bonchev–Trinajstić information content (AvgIpc) is 3.06. The summed E-state index contributed by atoms with van der Waals surface area (Å²) in [6.45, 7) is 0.499. The molecule has 6 nitrogen and oxygen atoms in total. The third-order valence-corrected chi connectivity index (χ3v) is 8.97. The number of nitrogens with zero attached hydrogens (tertiary/aromatic N) is 3.